The minimum Gasteiger partial charge on any atom is -0.366 e. The van der Waals surface area contributed by atoms with Crippen LogP contribution in [0, 0.1) is 0 Å². The predicted molar refractivity (Wildman–Crippen MR) is 70.7 cm³/mol. The second kappa shape index (κ2) is 5.19. The Morgan fingerprint density at radius 1 is 1.47 bits per heavy atom. The molecule has 1 atom stereocenters. The number of likely N-dealkylation sites (N-methyl/N-ethyl adjacent to an activating group) is 1. The summed E-state index contributed by atoms with van der Waals surface area (Å²) in [7, 11) is 2.13. The first-order chi connectivity index (χ1) is 8.04. The molecule has 17 heavy (non-hydrogen) atoms. The van der Waals surface area contributed by atoms with Gasteiger partial charge in [0, 0.05) is 24.6 Å². The second-order valence-corrected chi connectivity index (χ2v) is 5.37. The highest BCUT2D eigenvalue weighted by molar-refractivity contribution is 6.29. The predicted octanol–water partition coefficient (Wildman–Crippen LogP) is 2.37. The van der Waals surface area contributed by atoms with Crippen molar-refractivity contribution in [2.75, 3.05) is 25.5 Å². The van der Waals surface area contributed by atoms with Gasteiger partial charge in [-0.25, -0.2) is 9.97 Å². The van der Waals surface area contributed by atoms with Gasteiger partial charge in [0.2, 0.25) is 0 Å². The van der Waals surface area contributed by atoms with Crippen LogP contribution in [-0.2, 0) is 0 Å². The summed E-state index contributed by atoms with van der Waals surface area (Å²) in [5.74, 6) is 1.93. The van der Waals surface area contributed by atoms with E-state index >= 15 is 0 Å². The van der Waals surface area contributed by atoms with Crippen molar-refractivity contribution in [1.82, 2.24) is 14.9 Å². The molecule has 4 nitrogen and oxygen atoms in total. The van der Waals surface area contributed by atoms with Crippen molar-refractivity contribution in [1.29, 1.82) is 0 Å². The Labute approximate surface area is 107 Å². The first-order valence-electron chi connectivity index (χ1n) is 6.04. The van der Waals surface area contributed by atoms with Gasteiger partial charge in [0.1, 0.15) is 16.8 Å². The molecule has 2 rings (SSSR count). The molecule has 0 aliphatic carbocycles. The number of nitrogens with zero attached hydrogens (tertiary/aromatic N) is 3. The number of anilines is 1. The van der Waals surface area contributed by atoms with Gasteiger partial charge in [-0.05, 0) is 20.0 Å². The molecule has 1 N–H and O–H groups in total. The van der Waals surface area contributed by atoms with Gasteiger partial charge in [-0.3, -0.25) is 0 Å². The SMILES string of the molecule is CC(C)c1nc(Cl)cc(NC2CCN(C)C2)n1. The molecule has 0 bridgehead atoms. The van der Waals surface area contributed by atoms with Gasteiger partial charge in [-0.15, -0.1) is 0 Å². The summed E-state index contributed by atoms with van der Waals surface area (Å²) >= 11 is 6.01. The fraction of sp³-hybridized carbons (Fsp3) is 0.667. The monoisotopic (exact) mass is 254 g/mol. The third-order valence-corrected chi connectivity index (χ3v) is 3.17. The Bertz CT molecular complexity index is 394. The summed E-state index contributed by atoms with van der Waals surface area (Å²) in [5, 5.41) is 3.94. The highest BCUT2D eigenvalue weighted by atomic mass is 35.5. The summed E-state index contributed by atoms with van der Waals surface area (Å²) in [6, 6.07) is 2.26. The zero-order valence-corrected chi connectivity index (χ0v) is 11.3. The lowest BCUT2D eigenvalue weighted by molar-refractivity contribution is 0.414. The molecule has 2 heterocycles. The minimum atomic E-state index is 0.292. The van der Waals surface area contributed by atoms with Crippen LogP contribution in [0.5, 0.6) is 0 Å². The number of halogens is 1. The Kier molecular flexibility index (Phi) is 3.84. The lowest BCUT2D eigenvalue weighted by Crippen LogP contribution is -2.24. The van der Waals surface area contributed by atoms with Crippen molar-refractivity contribution in [2.45, 2.75) is 32.2 Å². The Balaban J connectivity index is 2.10. The first-order valence-corrected chi connectivity index (χ1v) is 6.42. The molecule has 1 aromatic rings. The molecular formula is C12H19ClN4. The molecule has 0 saturated carbocycles. The molecule has 0 amide bonds. The summed E-state index contributed by atoms with van der Waals surface area (Å²) < 4.78 is 0. The van der Waals surface area contributed by atoms with E-state index in [0.717, 1.165) is 31.2 Å². The molecule has 1 unspecified atom stereocenters. The Hall–Kier alpha value is -0.870. The average molecular weight is 255 g/mol. The zero-order valence-electron chi connectivity index (χ0n) is 10.6. The van der Waals surface area contributed by atoms with Crippen LogP contribution in [0.2, 0.25) is 5.15 Å². The summed E-state index contributed by atoms with van der Waals surface area (Å²) in [6.45, 7) is 6.32. The highest BCUT2D eigenvalue weighted by Crippen LogP contribution is 2.19. The molecule has 1 saturated heterocycles. The fourth-order valence-electron chi connectivity index (χ4n) is 2.03. The van der Waals surface area contributed by atoms with Crippen LogP contribution in [0.1, 0.15) is 32.0 Å². The van der Waals surface area contributed by atoms with Crippen molar-refractivity contribution in [3.05, 3.63) is 17.0 Å². The maximum absolute atomic E-state index is 6.01. The molecular weight excluding hydrogens is 236 g/mol. The minimum absolute atomic E-state index is 0.292. The first kappa shape index (κ1) is 12.6. The van der Waals surface area contributed by atoms with Crippen LogP contribution in [0.3, 0.4) is 0 Å². The smallest absolute Gasteiger partial charge is 0.135 e. The summed E-state index contributed by atoms with van der Waals surface area (Å²) in [5.41, 5.74) is 0. The van der Waals surface area contributed by atoms with E-state index in [1.807, 2.05) is 0 Å². The van der Waals surface area contributed by atoms with Crippen molar-refractivity contribution >= 4 is 17.4 Å². The quantitative estimate of drug-likeness (QED) is 0.841. The van der Waals surface area contributed by atoms with Gasteiger partial charge in [0.15, 0.2) is 0 Å². The number of hydrogen-bond acceptors (Lipinski definition) is 4. The van der Waals surface area contributed by atoms with Crippen LogP contribution in [0.25, 0.3) is 0 Å². The van der Waals surface area contributed by atoms with E-state index in [-0.39, 0.29) is 0 Å². The molecule has 1 aromatic heterocycles. The third kappa shape index (κ3) is 3.30. The molecule has 1 fully saturated rings. The zero-order chi connectivity index (χ0) is 12.4. The lowest BCUT2D eigenvalue weighted by atomic mass is 10.2. The van der Waals surface area contributed by atoms with Crippen LogP contribution in [-0.4, -0.2) is 41.0 Å². The average Bonchev–Trinajstić information content (AvgIpc) is 2.63. The van der Waals surface area contributed by atoms with E-state index in [9.17, 15) is 0 Å². The van der Waals surface area contributed by atoms with E-state index < -0.39 is 0 Å². The molecule has 0 radical (unpaired) electrons. The molecule has 1 aliphatic rings. The van der Waals surface area contributed by atoms with Gasteiger partial charge in [0.05, 0.1) is 0 Å². The number of aromatic nitrogens is 2. The van der Waals surface area contributed by atoms with Crippen molar-refractivity contribution in [3.8, 4) is 0 Å². The van der Waals surface area contributed by atoms with Gasteiger partial charge in [-0.2, -0.15) is 0 Å². The maximum Gasteiger partial charge on any atom is 0.135 e. The van der Waals surface area contributed by atoms with E-state index in [0.29, 0.717) is 17.1 Å². The van der Waals surface area contributed by atoms with Crippen LogP contribution in [0.15, 0.2) is 6.07 Å². The third-order valence-electron chi connectivity index (χ3n) is 2.97. The van der Waals surface area contributed by atoms with Crippen LogP contribution < -0.4 is 5.32 Å². The summed E-state index contributed by atoms with van der Waals surface area (Å²) in [4.78, 5) is 11.0. The maximum atomic E-state index is 6.01. The molecule has 0 spiro atoms. The fourth-order valence-corrected chi connectivity index (χ4v) is 2.22. The standard InChI is InChI=1S/C12H19ClN4/c1-8(2)12-15-10(13)6-11(16-12)14-9-4-5-17(3)7-9/h6,8-9H,4-5,7H2,1-3H3,(H,14,15,16). The molecule has 1 aliphatic heterocycles. The molecule has 5 heteroatoms. The van der Waals surface area contributed by atoms with E-state index in [1.165, 1.54) is 0 Å². The van der Waals surface area contributed by atoms with Crippen molar-refractivity contribution in [2.24, 2.45) is 0 Å². The number of hydrogen-bond donors (Lipinski definition) is 1. The van der Waals surface area contributed by atoms with E-state index in [1.54, 1.807) is 6.07 Å². The van der Waals surface area contributed by atoms with Crippen molar-refractivity contribution < 1.29 is 0 Å². The van der Waals surface area contributed by atoms with Gasteiger partial charge >= 0.3 is 0 Å². The number of rotatable bonds is 3. The van der Waals surface area contributed by atoms with Crippen LogP contribution in [0.4, 0.5) is 5.82 Å². The van der Waals surface area contributed by atoms with Crippen molar-refractivity contribution in [3.63, 3.8) is 0 Å². The van der Waals surface area contributed by atoms with Gasteiger partial charge in [-0.1, -0.05) is 25.4 Å². The Morgan fingerprint density at radius 3 is 2.82 bits per heavy atom. The highest BCUT2D eigenvalue weighted by Gasteiger charge is 2.20. The number of nitrogens with one attached hydrogen (secondary N) is 1. The largest absolute Gasteiger partial charge is 0.366 e. The van der Waals surface area contributed by atoms with Gasteiger partial charge in [0.25, 0.3) is 0 Å². The Morgan fingerprint density at radius 2 is 2.24 bits per heavy atom. The van der Waals surface area contributed by atoms with E-state index in [2.05, 4.69) is 41.1 Å². The summed E-state index contributed by atoms with van der Waals surface area (Å²) in [6.07, 6.45) is 1.15. The van der Waals surface area contributed by atoms with Crippen LogP contribution >= 0.6 is 11.6 Å². The second-order valence-electron chi connectivity index (χ2n) is 4.98. The number of likely N-dealkylation sites (tertiary alicyclic amines) is 1. The topological polar surface area (TPSA) is 41.1 Å². The molecule has 94 valence electrons. The normalized spacial score (nSPS) is 21.1. The molecule has 0 aromatic carbocycles. The lowest BCUT2D eigenvalue weighted by Gasteiger charge is -2.15. The van der Waals surface area contributed by atoms with Gasteiger partial charge < -0.3 is 10.2 Å². The van der Waals surface area contributed by atoms with E-state index in [4.69, 9.17) is 11.6 Å².